The molecular weight excluding hydrogens is 623 g/mol. The summed E-state index contributed by atoms with van der Waals surface area (Å²) in [4.78, 5) is 25.0. The molecule has 0 radical (unpaired) electrons. The van der Waals surface area contributed by atoms with Crippen LogP contribution in [-0.2, 0) is 19.6 Å². The molecule has 0 saturated carbocycles. The molecule has 0 saturated heterocycles. The van der Waals surface area contributed by atoms with E-state index in [4.69, 9.17) is 9.47 Å². The second-order valence-electron chi connectivity index (χ2n) is 12.2. The van der Waals surface area contributed by atoms with Gasteiger partial charge in [-0.25, -0.2) is 18.0 Å². The molecule has 0 bridgehead atoms. The van der Waals surface area contributed by atoms with Gasteiger partial charge in [0.05, 0.1) is 29.2 Å². The van der Waals surface area contributed by atoms with Crippen LogP contribution in [0.1, 0.15) is 176 Å². The first-order valence-electron chi connectivity index (χ1n) is 18.0. The van der Waals surface area contributed by atoms with Crippen molar-refractivity contribution in [3.05, 3.63) is 53.6 Å². The summed E-state index contributed by atoms with van der Waals surface area (Å²) >= 11 is 0. The largest absolute Gasteiger partial charge is 1.00 e. The van der Waals surface area contributed by atoms with E-state index in [1.54, 1.807) is 0 Å². The summed E-state index contributed by atoms with van der Waals surface area (Å²) in [6, 6.07) is 3.07. The predicted octanol–water partition coefficient (Wildman–Crippen LogP) is 7.64. The number of rotatable bonds is 29. The number of unbranched alkanes of at least 4 members (excludes halogenated alkanes) is 18. The van der Waals surface area contributed by atoms with Crippen LogP contribution in [0.3, 0.4) is 0 Å². The van der Waals surface area contributed by atoms with Gasteiger partial charge in [0.15, 0.2) is 0 Å². The normalized spacial score (nSPS) is 11.6. The van der Waals surface area contributed by atoms with Gasteiger partial charge < -0.3 is 14.0 Å². The molecule has 9 heteroatoms. The van der Waals surface area contributed by atoms with Gasteiger partial charge in [0.2, 0.25) is 0 Å². The van der Waals surface area contributed by atoms with Gasteiger partial charge in [0.25, 0.3) is 0 Å². The van der Waals surface area contributed by atoms with Gasteiger partial charge in [0.1, 0.15) is 10.1 Å². The molecule has 0 unspecified atom stereocenters. The quantitative estimate of drug-likeness (QED) is 0.0280. The van der Waals surface area contributed by atoms with Crippen LogP contribution < -0.4 is 29.6 Å². The third-order valence-electron chi connectivity index (χ3n) is 8.00. The fourth-order valence-corrected chi connectivity index (χ4v) is 5.65. The van der Waals surface area contributed by atoms with Crippen molar-refractivity contribution in [2.24, 2.45) is 0 Å². The van der Waals surface area contributed by atoms with E-state index in [1.165, 1.54) is 89.9 Å². The maximum atomic E-state index is 12.8. The number of esters is 2. The number of hydrogen-bond donors (Lipinski definition) is 0. The minimum absolute atomic E-state index is 0. The van der Waals surface area contributed by atoms with Crippen LogP contribution in [0.2, 0.25) is 0 Å². The Labute approximate surface area is 308 Å². The molecular formula is C38H61NaO7S. The van der Waals surface area contributed by atoms with Gasteiger partial charge in [-0.3, -0.25) is 0 Å². The standard InChI is InChI=1S/C38H62O7S.Na/c1-3-5-7-9-11-13-15-17-19-21-23-25-27-31-44-37(39)35-30-29-34(46(41,42)43)33-36(35)38(40)45-32-28-26-24-22-20-18-16-14-12-10-8-6-4-2;/h19-22,29-30,33H,3-18,23-28,31-32H2,1-2H3,(H,41,42,43);/q;+1/p-1/b21-19+,22-20+;. The second-order valence-corrected chi connectivity index (χ2v) is 13.6. The predicted molar refractivity (Wildman–Crippen MR) is 186 cm³/mol. The van der Waals surface area contributed by atoms with Crippen molar-refractivity contribution >= 4 is 22.1 Å². The van der Waals surface area contributed by atoms with E-state index in [2.05, 4.69) is 38.2 Å². The van der Waals surface area contributed by atoms with Crippen molar-refractivity contribution in [2.45, 2.75) is 160 Å². The van der Waals surface area contributed by atoms with E-state index >= 15 is 0 Å². The number of benzene rings is 1. The Morgan fingerprint density at radius 1 is 0.574 bits per heavy atom. The average molecular weight is 685 g/mol. The minimum Gasteiger partial charge on any atom is -0.744 e. The van der Waals surface area contributed by atoms with Crippen LogP contribution in [0, 0.1) is 0 Å². The summed E-state index contributed by atoms with van der Waals surface area (Å²) in [6.07, 6.45) is 33.8. The molecule has 0 aliphatic rings. The summed E-state index contributed by atoms with van der Waals surface area (Å²) < 4.78 is 45.4. The van der Waals surface area contributed by atoms with Crippen LogP contribution >= 0.6 is 0 Å². The van der Waals surface area contributed by atoms with Gasteiger partial charge in [-0.1, -0.05) is 115 Å². The zero-order valence-electron chi connectivity index (χ0n) is 29.8. The third-order valence-corrected chi connectivity index (χ3v) is 8.83. The average Bonchev–Trinajstić information content (AvgIpc) is 3.04. The molecule has 7 nitrogen and oxygen atoms in total. The molecule has 47 heavy (non-hydrogen) atoms. The van der Waals surface area contributed by atoms with Crippen LogP contribution in [0.4, 0.5) is 0 Å². The van der Waals surface area contributed by atoms with E-state index < -0.39 is 27.0 Å². The van der Waals surface area contributed by atoms with Crippen molar-refractivity contribution in [1.82, 2.24) is 0 Å². The summed E-state index contributed by atoms with van der Waals surface area (Å²) in [5, 5.41) is 0. The van der Waals surface area contributed by atoms with Gasteiger partial charge >= 0.3 is 41.5 Å². The first-order valence-corrected chi connectivity index (χ1v) is 19.5. The SMILES string of the molecule is CCCCCCCCC/C=C/CCCCOC(=O)c1ccc(S(=O)(=O)[O-])cc1C(=O)OCCCC/C=C/CCCCCCCCC.[Na+]. The molecule has 0 aliphatic carbocycles. The topological polar surface area (TPSA) is 110 Å². The van der Waals surface area contributed by atoms with Gasteiger partial charge in [-0.05, 0) is 82.4 Å². The Morgan fingerprint density at radius 3 is 1.34 bits per heavy atom. The Balaban J connectivity index is 0.0000212. The Kier molecular flexibility index (Phi) is 29.7. The first-order chi connectivity index (χ1) is 22.3. The summed E-state index contributed by atoms with van der Waals surface area (Å²) in [7, 11) is -4.82. The molecule has 0 heterocycles. The van der Waals surface area contributed by atoms with E-state index in [0.717, 1.165) is 56.7 Å². The summed E-state index contributed by atoms with van der Waals surface area (Å²) in [5.74, 6) is -1.60. The fraction of sp³-hybridized carbons (Fsp3) is 0.684. The molecule has 0 spiro atoms. The van der Waals surface area contributed by atoms with Gasteiger partial charge in [0, 0.05) is 0 Å². The van der Waals surface area contributed by atoms with E-state index in [-0.39, 0.29) is 53.9 Å². The third kappa shape index (κ3) is 24.4. The molecule has 262 valence electrons. The van der Waals surface area contributed by atoms with Crippen molar-refractivity contribution in [3.8, 4) is 0 Å². The number of carbonyl (C=O) groups is 2. The molecule has 0 fully saturated rings. The molecule has 0 atom stereocenters. The maximum Gasteiger partial charge on any atom is 1.00 e. The maximum absolute atomic E-state index is 12.8. The molecule has 0 N–H and O–H groups in total. The smallest absolute Gasteiger partial charge is 0.744 e. The minimum atomic E-state index is -4.82. The molecule has 0 amide bonds. The van der Waals surface area contributed by atoms with Crippen molar-refractivity contribution < 1.29 is 61.6 Å². The van der Waals surface area contributed by atoms with E-state index in [1.807, 2.05) is 0 Å². The van der Waals surface area contributed by atoms with Crippen LogP contribution in [-0.4, -0.2) is 38.1 Å². The first kappa shape index (κ1) is 45.6. The van der Waals surface area contributed by atoms with Crippen molar-refractivity contribution in [3.63, 3.8) is 0 Å². The molecule has 0 aromatic heterocycles. The number of ether oxygens (including phenoxy) is 2. The monoisotopic (exact) mass is 684 g/mol. The van der Waals surface area contributed by atoms with E-state index in [9.17, 15) is 22.6 Å². The van der Waals surface area contributed by atoms with Crippen LogP contribution in [0.25, 0.3) is 0 Å². The molecule has 1 rings (SSSR count). The Hall–Kier alpha value is -1.45. The van der Waals surface area contributed by atoms with E-state index in [0.29, 0.717) is 12.8 Å². The van der Waals surface area contributed by atoms with Crippen LogP contribution in [0.15, 0.2) is 47.4 Å². The Bertz CT molecular complexity index is 1120. The molecule has 1 aromatic rings. The number of allylic oxidation sites excluding steroid dienone is 4. The molecule has 0 aliphatic heterocycles. The Morgan fingerprint density at radius 2 is 0.936 bits per heavy atom. The van der Waals surface area contributed by atoms with Crippen LogP contribution in [0.5, 0.6) is 0 Å². The zero-order valence-corrected chi connectivity index (χ0v) is 32.6. The number of hydrogen-bond acceptors (Lipinski definition) is 7. The van der Waals surface area contributed by atoms with Crippen molar-refractivity contribution in [2.75, 3.05) is 13.2 Å². The van der Waals surface area contributed by atoms with Gasteiger partial charge in [-0.2, -0.15) is 0 Å². The second kappa shape index (κ2) is 30.6. The number of carbonyl (C=O) groups excluding carboxylic acids is 2. The van der Waals surface area contributed by atoms with Crippen molar-refractivity contribution in [1.29, 1.82) is 0 Å². The van der Waals surface area contributed by atoms with Gasteiger partial charge in [-0.15, -0.1) is 0 Å². The molecule has 1 aromatic carbocycles. The summed E-state index contributed by atoms with van der Waals surface area (Å²) in [6.45, 7) is 4.76. The fourth-order valence-electron chi connectivity index (χ4n) is 5.15. The summed E-state index contributed by atoms with van der Waals surface area (Å²) in [5.41, 5.74) is -0.384. The zero-order chi connectivity index (χ0) is 33.7.